The molecule has 0 saturated heterocycles. The summed E-state index contributed by atoms with van der Waals surface area (Å²) in [5.74, 6) is -1.10. The Morgan fingerprint density at radius 1 is 0.609 bits per heavy atom. The fourth-order valence-electron chi connectivity index (χ4n) is 4.70. The van der Waals surface area contributed by atoms with E-state index < -0.39 is 28.0 Å². The van der Waals surface area contributed by atoms with Gasteiger partial charge < -0.3 is 10.4 Å². The standard InChI is InChI=1S/C39H65NO5S/c1-3-5-7-9-11-13-15-17-18-19-20-21-22-23-25-27-29-31-33-35-39(42)40-37(36-46(43,44)45)38(41)34-32-30-28-26-24-16-14-12-10-8-6-4-2/h5,7,11,13,17-18,20-21,23,25,29,31-32,34,37-38,41H,3-4,6,8-10,12,14-16,19,22,24,26-28,30,33,35-36H2,1-2H3,(H,40,42)(H,43,44,45)/b7-5-,13-11-,18-17-,21-20-,25-23-,31-29-,34-32+. The maximum absolute atomic E-state index is 12.4. The van der Waals surface area contributed by atoms with E-state index in [1.807, 2.05) is 18.2 Å². The number of amides is 1. The Bertz CT molecular complexity index is 1040. The summed E-state index contributed by atoms with van der Waals surface area (Å²) < 4.78 is 32.3. The van der Waals surface area contributed by atoms with Gasteiger partial charge in [-0.25, -0.2) is 0 Å². The largest absolute Gasteiger partial charge is 0.387 e. The molecule has 0 aromatic rings. The van der Waals surface area contributed by atoms with Gasteiger partial charge in [-0.2, -0.15) is 8.42 Å². The van der Waals surface area contributed by atoms with Crippen molar-refractivity contribution in [3.8, 4) is 0 Å². The summed E-state index contributed by atoms with van der Waals surface area (Å²) in [5.41, 5.74) is 0. The second kappa shape index (κ2) is 32.5. The number of aliphatic hydroxyl groups excluding tert-OH is 1. The van der Waals surface area contributed by atoms with Gasteiger partial charge in [-0.1, -0.05) is 157 Å². The highest BCUT2D eigenvalue weighted by atomic mass is 32.2. The Labute approximate surface area is 282 Å². The number of carbonyl (C=O) groups is 1. The third kappa shape index (κ3) is 32.9. The average Bonchev–Trinajstić information content (AvgIpc) is 3.01. The van der Waals surface area contributed by atoms with Crippen molar-refractivity contribution in [2.45, 2.75) is 148 Å². The fraction of sp³-hybridized carbons (Fsp3) is 0.615. The highest BCUT2D eigenvalue weighted by Crippen LogP contribution is 2.12. The summed E-state index contributed by atoms with van der Waals surface area (Å²) in [6, 6.07) is -1.10. The first-order chi connectivity index (χ1) is 22.3. The van der Waals surface area contributed by atoms with Crippen molar-refractivity contribution in [2.75, 3.05) is 5.75 Å². The first kappa shape index (κ1) is 43.5. The molecule has 7 heteroatoms. The number of carbonyl (C=O) groups excluding carboxylic acids is 1. The second-order valence-corrected chi connectivity index (χ2v) is 13.3. The van der Waals surface area contributed by atoms with Crippen LogP contribution in [0.4, 0.5) is 0 Å². The zero-order valence-corrected chi connectivity index (χ0v) is 29.7. The van der Waals surface area contributed by atoms with Crippen LogP contribution in [0, 0.1) is 0 Å². The van der Waals surface area contributed by atoms with E-state index in [0.717, 1.165) is 57.8 Å². The first-order valence-electron chi connectivity index (χ1n) is 17.8. The Balaban J connectivity index is 4.18. The second-order valence-electron chi connectivity index (χ2n) is 11.8. The molecule has 0 aliphatic heterocycles. The van der Waals surface area contributed by atoms with Crippen molar-refractivity contribution >= 4 is 16.0 Å². The molecule has 0 radical (unpaired) electrons. The molecule has 0 aliphatic carbocycles. The summed E-state index contributed by atoms with van der Waals surface area (Å²) >= 11 is 0. The molecular formula is C39H65NO5S. The molecule has 0 heterocycles. The van der Waals surface area contributed by atoms with Crippen LogP contribution in [-0.4, -0.2) is 41.9 Å². The Morgan fingerprint density at radius 2 is 1.04 bits per heavy atom. The lowest BCUT2D eigenvalue weighted by Gasteiger charge is -2.20. The third-order valence-corrected chi connectivity index (χ3v) is 8.12. The number of allylic oxidation sites excluding steroid dienone is 13. The highest BCUT2D eigenvalue weighted by Gasteiger charge is 2.24. The fourth-order valence-corrected chi connectivity index (χ4v) is 5.44. The van der Waals surface area contributed by atoms with Crippen LogP contribution in [0.2, 0.25) is 0 Å². The van der Waals surface area contributed by atoms with E-state index in [4.69, 9.17) is 0 Å². The van der Waals surface area contributed by atoms with E-state index in [9.17, 15) is 22.9 Å². The maximum Gasteiger partial charge on any atom is 0.267 e. The predicted molar refractivity (Wildman–Crippen MR) is 197 cm³/mol. The Kier molecular flexibility index (Phi) is 30.7. The summed E-state index contributed by atoms with van der Waals surface area (Å²) in [7, 11) is -4.37. The minimum Gasteiger partial charge on any atom is -0.387 e. The van der Waals surface area contributed by atoms with Gasteiger partial charge in [-0.05, 0) is 57.8 Å². The summed E-state index contributed by atoms with van der Waals surface area (Å²) in [6.07, 6.45) is 47.2. The monoisotopic (exact) mass is 659 g/mol. The molecule has 2 unspecified atom stereocenters. The van der Waals surface area contributed by atoms with Crippen LogP contribution in [0.15, 0.2) is 85.1 Å². The van der Waals surface area contributed by atoms with Crippen LogP contribution in [0.3, 0.4) is 0 Å². The van der Waals surface area contributed by atoms with Gasteiger partial charge >= 0.3 is 0 Å². The van der Waals surface area contributed by atoms with Gasteiger partial charge in [0.1, 0.15) is 0 Å². The lowest BCUT2D eigenvalue weighted by atomic mass is 10.1. The minimum absolute atomic E-state index is 0.166. The summed E-state index contributed by atoms with van der Waals surface area (Å²) in [5, 5.41) is 13.1. The van der Waals surface area contributed by atoms with E-state index in [0.29, 0.717) is 6.42 Å². The van der Waals surface area contributed by atoms with Crippen molar-refractivity contribution < 1.29 is 22.9 Å². The quantitative estimate of drug-likeness (QED) is 0.0404. The molecule has 0 aromatic carbocycles. The van der Waals surface area contributed by atoms with Gasteiger partial charge in [0, 0.05) is 6.42 Å². The van der Waals surface area contributed by atoms with Crippen LogP contribution in [-0.2, 0) is 14.9 Å². The molecule has 0 rings (SSSR count). The lowest BCUT2D eigenvalue weighted by Crippen LogP contribution is -2.46. The third-order valence-electron chi connectivity index (χ3n) is 7.34. The van der Waals surface area contributed by atoms with E-state index in [2.05, 4.69) is 79.9 Å². The van der Waals surface area contributed by atoms with Gasteiger partial charge in [0.15, 0.2) is 0 Å². The van der Waals surface area contributed by atoms with Crippen LogP contribution >= 0.6 is 0 Å². The molecule has 1 amide bonds. The zero-order valence-electron chi connectivity index (χ0n) is 28.9. The zero-order chi connectivity index (χ0) is 34.0. The van der Waals surface area contributed by atoms with Gasteiger partial charge in [-0.3, -0.25) is 9.35 Å². The Hall–Kier alpha value is -2.48. The maximum atomic E-state index is 12.4. The molecule has 262 valence electrons. The number of aliphatic hydroxyl groups is 1. The molecule has 2 atom stereocenters. The number of hydrogen-bond donors (Lipinski definition) is 3. The van der Waals surface area contributed by atoms with Crippen molar-refractivity contribution in [3.05, 3.63) is 85.1 Å². The van der Waals surface area contributed by atoms with Crippen molar-refractivity contribution in [1.29, 1.82) is 0 Å². The first-order valence-corrected chi connectivity index (χ1v) is 19.4. The van der Waals surface area contributed by atoms with Gasteiger partial charge in [0.2, 0.25) is 5.91 Å². The summed E-state index contributed by atoms with van der Waals surface area (Å²) in [4.78, 5) is 12.4. The van der Waals surface area contributed by atoms with E-state index in [1.165, 1.54) is 57.4 Å². The molecule has 0 spiro atoms. The molecule has 0 aromatic heterocycles. The number of unbranched alkanes of at least 4 members (excludes halogenated alkanes) is 10. The SMILES string of the molecule is CC/C=C\C/C=C\C/C=C\C/C=C\C/C=C\C/C=C\CCC(=O)NC(CS(=O)(=O)O)C(O)/C=C/CCCCCCCCCCCC. The normalized spacial score (nSPS) is 14.4. The van der Waals surface area contributed by atoms with Crippen LogP contribution < -0.4 is 5.32 Å². The average molecular weight is 660 g/mol. The molecule has 0 saturated carbocycles. The van der Waals surface area contributed by atoms with Crippen molar-refractivity contribution in [1.82, 2.24) is 5.32 Å². The van der Waals surface area contributed by atoms with E-state index in [-0.39, 0.29) is 12.3 Å². The lowest BCUT2D eigenvalue weighted by molar-refractivity contribution is -0.122. The number of rotatable bonds is 30. The van der Waals surface area contributed by atoms with Crippen LogP contribution in [0.25, 0.3) is 0 Å². The molecule has 6 nitrogen and oxygen atoms in total. The molecule has 46 heavy (non-hydrogen) atoms. The highest BCUT2D eigenvalue weighted by molar-refractivity contribution is 7.85. The molecule has 0 aliphatic rings. The molecule has 3 N–H and O–H groups in total. The smallest absolute Gasteiger partial charge is 0.267 e. The van der Waals surface area contributed by atoms with Crippen molar-refractivity contribution in [3.63, 3.8) is 0 Å². The van der Waals surface area contributed by atoms with Crippen LogP contribution in [0.1, 0.15) is 136 Å². The van der Waals surface area contributed by atoms with Gasteiger partial charge in [0.25, 0.3) is 10.1 Å². The Morgan fingerprint density at radius 3 is 1.50 bits per heavy atom. The van der Waals surface area contributed by atoms with Gasteiger partial charge in [0.05, 0.1) is 17.9 Å². The molecular weight excluding hydrogens is 594 g/mol. The summed E-state index contributed by atoms with van der Waals surface area (Å²) in [6.45, 7) is 4.37. The predicted octanol–water partition coefficient (Wildman–Crippen LogP) is 10.1. The molecule has 0 bridgehead atoms. The minimum atomic E-state index is -4.37. The number of hydrogen-bond acceptors (Lipinski definition) is 4. The van der Waals surface area contributed by atoms with Gasteiger partial charge in [-0.15, -0.1) is 0 Å². The topological polar surface area (TPSA) is 104 Å². The van der Waals surface area contributed by atoms with E-state index in [1.54, 1.807) is 0 Å². The van der Waals surface area contributed by atoms with Crippen LogP contribution in [0.5, 0.6) is 0 Å². The van der Waals surface area contributed by atoms with Crippen molar-refractivity contribution in [2.24, 2.45) is 0 Å². The molecule has 0 fully saturated rings. The van der Waals surface area contributed by atoms with E-state index >= 15 is 0 Å². The number of nitrogens with one attached hydrogen (secondary N) is 1.